The van der Waals surface area contributed by atoms with Crippen molar-refractivity contribution in [2.45, 2.75) is 37.5 Å². The minimum atomic E-state index is -0.433. The van der Waals surface area contributed by atoms with Gasteiger partial charge in [-0.2, -0.15) is 4.98 Å². The highest BCUT2D eigenvalue weighted by molar-refractivity contribution is 6.07. The molecule has 0 radical (unpaired) electrons. The zero-order valence-electron chi connectivity index (χ0n) is 17.1. The van der Waals surface area contributed by atoms with E-state index in [1.165, 1.54) is 12.3 Å². The molecule has 1 saturated heterocycles. The molecule has 2 aliphatic rings. The maximum atomic E-state index is 12.7. The van der Waals surface area contributed by atoms with Crippen LogP contribution in [0.2, 0.25) is 0 Å². The van der Waals surface area contributed by atoms with Crippen molar-refractivity contribution in [3.8, 4) is 0 Å². The van der Waals surface area contributed by atoms with Gasteiger partial charge in [-0.05, 0) is 37.8 Å². The van der Waals surface area contributed by atoms with Crippen LogP contribution in [0.5, 0.6) is 0 Å². The van der Waals surface area contributed by atoms with E-state index in [2.05, 4.69) is 15.1 Å². The maximum Gasteiger partial charge on any atom is 0.293 e. The SMILES string of the molecule is Cn1ccnc1C(=O)c1ccc(N2CCC(c3noc(C4CC4)n3)CC2)c([N+](=O)[O-])c1. The van der Waals surface area contributed by atoms with Crippen molar-refractivity contribution in [3.05, 3.63) is 63.8 Å². The summed E-state index contributed by atoms with van der Waals surface area (Å²) in [6.07, 6.45) is 6.99. The first-order chi connectivity index (χ1) is 15.0. The third-order valence-electron chi connectivity index (χ3n) is 6.04. The van der Waals surface area contributed by atoms with E-state index in [0.29, 0.717) is 24.7 Å². The van der Waals surface area contributed by atoms with E-state index < -0.39 is 4.92 Å². The number of piperidine rings is 1. The number of aromatic nitrogens is 4. The summed E-state index contributed by atoms with van der Waals surface area (Å²) in [4.78, 5) is 34.6. The molecular formula is C21H22N6O4. The molecule has 0 spiro atoms. The third-order valence-corrected chi connectivity index (χ3v) is 6.04. The fourth-order valence-corrected chi connectivity index (χ4v) is 4.08. The van der Waals surface area contributed by atoms with Gasteiger partial charge in [0.05, 0.1) is 4.92 Å². The molecular weight excluding hydrogens is 400 g/mol. The molecule has 2 fully saturated rings. The molecule has 0 unspecified atom stereocenters. The second-order valence-electron chi connectivity index (χ2n) is 8.18. The summed E-state index contributed by atoms with van der Waals surface area (Å²) in [5.74, 6) is 2.00. The first-order valence-electron chi connectivity index (χ1n) is 10.4. The van der Waals surface area contributed by atoms with E-state index in [-0.39, 0.29) is 28.8 Å². The molecule has 5 rings (SSSR count). The summed E-state index contributed by atoms with van der Waals surface area (Å²) in [6.45, 7) is 1.29. The number of nitro groups is 1. The molecule has 1 aromatic carbocycles. The van der Waals surface area contributed by atoms with Gasteiger partial charge in [-0.3, -0.25) is 14.9 Å². The van der Waals surface area contributed by atoms with Crippen LogP contribution in [-0.2, 0) is 7.05 Å². The molecule has 31 heavy (non-hydrogen) atoms. The lowest BCUT2D eigenvalue weighted by Crippen LogP contribution is -2.33. The topological polar surface area (TPSA) is 120 Å². The van der Waals surface area contributed by atoms with Crippen molar-refractivity contribution in [1.29, 1.82) is 0 Å². The van der Waals surface area contributed by atoms with E-state index in [4.69, 9.17) is 4.52 Å². The predicted octanol–water partition coefficient (Wildman–Crippen LogP) is 3.20. The summed E-state index contributed by atoms with van der Waals surface area (Å²) in [7, 11) is 1.71. The number of nitrogens with zero attached hydrogens (tertiary/aromatic N) is 6. The van der Waals surface area contributed by atoms with Gasteiger partial charge >= 0.3 is 0 Å². The van der Waals surface area contributed by atoms with Crippen molar-refractivity contribution in [2.24, 2.45) is 7.05 Å². The Hall–Kier alpha value is -3.56. The molecule has 1 saturated carbocycles. The van der Waals surface area contributed by atoms with Crippen LogP contribution in [0.25, 0.3) is 0 Å². The quantitative estimate of drug-likeness (QED) is 0.337. The second kappa shape index (κ2) is 7.60. The summed E-state index contributed by atoms with van der Waals surface area (Å²) in [5, 5.41) is 15.9. The Morgan fingerprint density at radius 1 is 1.19 bits per heavy atom. The molecule has 0 atom stereocenters. The standard InChI is InChI=1S/C21H22N6O4/c1-25-11-8-22-20(25)18(28)15-4-5-16(17(12-15)27(29)30)26-9-6-13(7-10-26)19-23-21(31-24-19)14-2-3-14/h4-5,8,11-14H,2-3,6-7,9-10H2,1H3. The Labute approximate surface area is 178 Å². The van der Waals surface area contributed by atoms with E-state index in [1.807, 2.05) is 4.90 Å². The second-order valence-corrected chi connectivity index (χ2v) is 8.18. The van der Waals surface area contributed by atoms with Gasteiger partial charge < -0.3 is 14.0 Å². The summed E-state index contributed by atoms with van der Waals surface area (Å²) < 4.78 is 6.97. The van der Waals surface area contributed by atoms with Crippen LogP contribution in [0.3, 0.4) is 0 Å². The number of benzene rings is 1. The van der Waals surface area contributed by atoms with Crippen molar-refractivity contribution in [2.75, 3.05) is 18.0 Å². The van der Waals surface area contributed by atoms with Crippen molar-refractivity contribution < 1.29 is 14.2 Å². The molecule has 0 N–H and O–H groups in total. The Morgan fingerprint density at radius 3 is 2.61 bits per heavy atom. The van der Waals surface area contributed by atoms with Crippen LogP contribution in [0.15, 0.2) is 35.1 Å². The fraction of sp³-hybridized carbons (Fsp3) is 0.429. The number of ketones is 1. The molecule has 10 heteroatoms. The maximum absolute atomic E-state index is 12.7. The average Bonchev–Trinajstić information content (AvgIpc) is 3.35. The highest BCUT2D eigenvalue weighted by Crippen LogP contribution is 2.40. The van der Waals surface area contributed by atoms with E-state index >= 15 is 0 Å². The highest BCUT2D eigenvalue weighted by atomic mass is 16.6. The predicted molar refractivity (Wildman–Crippen MR) is 110 cm³/mol. The number of aryl methyl sites for hydroxylation is 1. The average molecular weight is 422 g/mol. The van der Waals surface area contributed by atoms with Gasteiger partial charge in [-0.15, -0.1) is 0 Å². The first-order valence-corrected chi connectivity index (χ1v) is 10.4. The minimum absolute atomic E-state index is 0.0749. The molecule has 1 aliphatic carbocycles. The molecule has 3 aromatic rings. The number of rotatable bonds is 6. The van der Waals surface area contributed by atoms with Crippen LogP contribution in [0, 0.1) is 10.1 Å². The van der Waals surface area contributed by atoms with Gasteiger partial charge in [-0.1, -0.05) is 5.16 Å². The van der Waals surface area contributed by atoms with Gasteiger partial charge in [0.2, 0.25) is 11.7 Å². The highest BCUT2D eigenvalue weighted by Gasteiger charge is 2.33. The molecule has 3 heterocycles. The summed E-state index contributed by atoms with van der Waals surface area (Å²) in [6, 6.07) is 4.64. The summed E-state index contributed by atoms with van der Waals surface area (Å²) in [5.41, 5.74) is 0.694. The van der Waals surface area contributed by atoms with Crippen LogP contribution in [-0.4, -0.2) is 43.5 Å². The Morgan fingerprint density at radius 2 is 1.97 bits per heavy atom. The number of anilines is 1. The van der Waals surface area contributed by atoms with Crippen LogP contribution in [0.4, 0.5) is 11.4 Å². The lowest BCUT2D eigenvalue weighted by molar-refractivity contribution is -0.384. The summed E-state index contributed by atoms with van der Waals surface area (Å²) >= 11 is 0. The normalized spacial score (nSPS) is 17.1. The first kappa shape index (κ1) is 19.4. The van der Waals surface area contributed by atoms with E-state index in [1.54, 1.807) is 29.9 Å². The van der Waals surface area contributed by atoms with Gasteiger partial charge in [-0.25, -0.2) is 4.98 Å². The smallest absolute Gasteiger partial charge is 0.293 e. The molecule has 0 bridgehead atoms. The molecule has 1 aliphatic heterocycles. The minimum Gasteiger partial charge on any atom is -0.366 e. The Kier molecular flexibility index (Phi) is 4.76. The van der Waals surface area contributed by atoms with Gasteiger partial charge in [0.1, 0.15) is 5.69 Å². The van der Waals surface area contributed by atoms with Crippen LogP contribution >= 0.6 is 0 Å². The Balaban J connectivity index is 1.33. The zero-order valence-corrected chi connectivity index (χ0v) is 17.1. The molecule has 0 amide bonds. The number of hydrogen-bond donors (Lipinski definition) is 0. The van der Waals surface area contributed by atoms with Crippen molar-refractivity contribution in [1.82, 2.24) is 19.7 Å². The van der Waals surface area contributed by atoms with Gasteiger partial charge in [0, 0.05) is 56.0 Å². The number of nitro benzene ring substituents is 1. The molecule has 10 nitrogen and oxygen atoms in total. The largest absolute Gasteiger partial charge is 0.366 e. The monoisotopic (exact) mass is 422 g/mol. The van der Waals surface area contributed by atoms with Crippen molar-refractivity contribution in [3.63, 3.8) is 0 Å². The van der Waals surface area contributed by atoms with Crippen LogP contribution < -0.4 is 4.90 Å². The third kappa shape index (κ3) is 3.69. The number of carbonyl (C=O) groups is 1. The lowest BCUT2D eigenvalue weighted by Gasteiger charge is -2.32. The number of hydrogen-bond acceptors (Lipinski definition) is 8. The van der Waals surface area contributed by atoms with Gasteiger partial charge in [0.15, 0.2) is 11.6 Å². The number of imidazole rings is 1. The van der Waals surface area contributed by atoms with Crippen LogP contribution in [0.1, 0.15) is 65.4 Å². The molecule has 2 aromatic heterocycles. The Bertz CT molecular complexity index is 1140. The van der Waals surface area contributed by atoms with E-state index in [9.17, 15) is 14.9 Å². The number of carbonyl (C=O) groups excluding carboxylic acids is 1. The van der Waals surface area contributed by atoms with Gasteiger partial charge in [0.25, 0.3) is 5.69 Å². The lowest BCUT2D eigenvalue weighted by atomic mass is 9.95. The molecule has 160 valence electrons. The van der Waals surface area contributed by atoms with Crippen molar-refractivity contribution >= 4 is 17.2 Å². The fourth-order valence-electron chi connectivity index (χ4n) is 4.08. The zero-order chi connectivity index (χ0) is 21.5. The van der Waals surface area contributed by atoms with E-state index in [0.717, 1.165) is 37.4 Å².